The number of nitro groups is 1. The minimum absolute atomic E-state index is 0.172. The second-order valence-corrected chi connectivity index (χ2v) is 5.76. The number of benzene rings is 1. The van der Waals surface area contributed by atoms with Crippen LogP contribution in [-0.4, -0.2) is 16.4 Å². The van der Waals surface area contributed by atoms with E-state index in [0.29, 0.717) is 0 Å². The van der Waals surface area contributed by atoms with E-state index in [1.54, 1.807) is 12.1 Å². The van der Waals surface area contributed by atoms with Crippen LogP contribution in [0.4, 0.5) is 5.69 Å². The van der Waals surface area contributed by atoms with Crippen LogP contribution in [0.15, 0.2) is 35.7 Å². The number of non-ortho nitro benzene ring substituents is 1. The Balaban J connectivity index is 1.72. The van der Waals surface area contributed by atoms with Crippen molar-refractivity contribution in [2.24, 2.45) is 0 Å². The quantitative estimate of drug-likeness (QED) is 0.637. The van der Waals surface area contributed by atoms with E-state index in [4.69, 9.17) is 0 Å². The molecule has 3 rings (SSSR count). The standard InChI is InChI=1S/C14H14N2O2S/c17-16(18)13-3-1-2-11(8-13)9-15-6-4-14-12(10-15)5-7-19-14/h1-3,5,7-8H,4,6,9-10H2. The predicted octanol–water partition coefficient (Wildman–Crippen LogP) is 3.21. The lowest BCUT2D eigenvalue weighted by Gasteiger charge is -2.26. The molecule has 0 radical (unpaired) electrons. The molecule has 1 aliphatic heterocycles. The molecular weight excluding hydrogens is 260 g/mol. The minimum atomic E-state index is -0.337. The number of nitrogens with zero attached hydrogens (tertiary/aromatic N) is 2. The third kappa shape index (κ3) is 2.67. The summed E-state index contributed by atoms with van der Waals surface area (Å²) in [4.78, 5) is 14.3. The summed E-state index contributed by atoms with van der Waals surface area (Å²) in [6, 6.07) is 9.10. The van der Waals surface area contributed by atoms with E-state index in [2.05, 4.69) is 16.3 Å². The van der Waals surface area contributed by atoms with Crippen molar-refractivity contribution < 1.29 is 4.92 Å². The summed E-state index contributed by atoms with van der Waals surface area (Å²) in [5.74, 6) is 0. The Kier molecular flexibility index (Phi) is 3.31. The molecule has 0 amide bonds. The molecule has 0 fully saturated rings. The van der Waals surface area contributed by atoms with E-state index in [-0.39, 0.29) is 10.6 Å². The van der Waals surface area contributed by atoms with Crippen molar-refractivity contribution in [2.75, 3.05) is 6.54 Å². The third-order valence-corrected chi connectivity index (χ3v) is 4.44. The maximum atomic E-state index is 10.8. The number of fused-ring (bicyclic) bond motifs is 1. The topological polar surface area (TPSA) is 46.4 Å². The van der Waals surface area contributed by atoms with E-state index < -0.39 is 0 Å². The van der Waals surface area contributed by atoms with Crippen LogP contribution < -0.4 is 0 Å². The number of nitro benzene ring substituents is 1. The molecule has 0 aliphatic carbocycles. The largest absolute Gasteiger partial charge is 0.294 e. The number of hydrogen-bond donors (Lipinski definition) is 0. The zero-order chi connectivity index (χ0) is 13.2. The molecule has 1 aliphatic rings. The van der Waals surface area contributed by atoms with Crippen molar-refractivity contribution in [3.8, 4) is 0 Å². The van der Waals surface area contributed by atoms with E-state index >= 15 is 0 Å². The highest BCUT2D eigenvalue weighted by atomic mass is 32.1. The SMILES string of the molecule is O=[N+]([O-])c1cccc(CN2CCc3sccc3C2)c1. The van der Waals surface area contributed by atoms with E-state index in [0.717, 1.165) is 31.6 Å². The van der Waals surface area contributed by atoms with Gasteiger partial charge in [0.25, 0.3) is 5.69 Å². The lowest BCUT2D eigenvalue weighted by atomic mass is 10.1. The molecule has 98 valence electrons. The monoisotopic (exact) mass is 274 g/mol. The maximum absolute atomic E-state index is 10.8. The molecule has 19 heavy (non-hydrogen) atoms. The van der Waals surface area contributed by atoms with Crippen LogP contribution in [0.1, 0.15) is 16.0 Å². The summed E-state index contributed by atoms with van der Waals surface area (Å²) < 4.78 is 0. The molecule has 0 saturated carbocycles. The van der Waals surface area contributed by atoms with Gasteiger partial charge in [0.05, 0.1) is 4.92 Å². The predicted molar refractivity (Wildman–Crippen MR) is 75.2 cm³/mol. The van der Waals surface area contributed by atoms with Crippen molar-refractivity contribution in [3.63, 3.8) is 0 Å². The van der Waals surface area contributed by atoms with Gasteiger partial charge in [-0.15, -0.1) is 11.3 Å². The Morgan fingerprint density at radius 1 is 1.37 bits per heavy atom. The molecule has 0 bridgehead atoms. The summed E-state index contributed by atoms with van der Waals surface area (Å²) in [5, 5.41) is 12.9. The van der Waals surface area contributed by atoms with Crippen LogP contribution in [0, 0.1) is 10.1 Å². The summed E-state index contributed by atoms with van der Waals surface area (Å²) in [6.07, 6.45) is 1.09. The second kappa shape index (κ2) is 5.11. The Labute approximate surface area is 115 Å². The molecule has 1 aromatic heterocycles. The average molecular weight is 274 g/mol. The van der Waals surface area contributed by atoms with Crippen LogP contribution in [-0.2, 0) is 19.5 Å². The molecule has 0 atom stereocenters. The fourth-order valence-corrected chi connectivity index (χ4v) is 3.36. The van der Waals surface area contributed by atoms with E-state index in [1.807, 2.05) is 17.4 Å². The Bertz CT molecular complexity index is 609. The summed E-state index contributed by atoms with van der Waals surface area (Å²) in [7, 11) is 0. The zero-order valence-electron chi connectivity index (χ0n) is 10.4. The Morgan fingerprint density at radius 3 is 3.11 bits per heavy atom. The number of hydrogen-bond acceptors (Lipinski definition) is 4. The first-order chi connectivity index (χ1) is 9.22. The van der Waals surface area contributed by atoms with Crippen molar-refractivity contribution in [2.45, 2.75) is 19.5 Å². The van der Waals surface area contributed by atoms with Gasteiger partial charge in [0.1, 0.15) is 0 Å². The van der Waals surface area contributed by atoms with Crippen LogP contribution >= 0.6 is 11.3 Å². The first-order valence-electron chi connectivity index (χ1n) is 6.23. The zero-order valence-corrected chi connectivity index (χ0v) is 11.2. The van der Waals surface area contributed by atoms with Gasteiger partial charge in [-0.2, -0.15) is 0 Å². The molecule has 2 aromatic rings. The third-order valence-electron chi connectivity index (χ3n) is 3.41. The lowest BCUT2D eigenvalue weighted by molar-refractivity contribution is -0.384. The fraction of sp³-hybridized carbons (Fsp3) is 0.286. The first kappa shape index (κ1) is 12.3. The Morgan fingerprint density at radius 2 is 2.26 bits per heavy atom. The maximum Gasteiger partial charge on any atom is 0.269 e. The molecule has 0 spiro atoms. The smallest absolute Gasteiger partial charge is 0.269 e. The molecule has 1 aromatic carbocycles. The second-order valence-electron chi connectivity index (χ2n) is 4.76. The van der Waals surface area contributed by atoms with Gasteiger partial charge >= 0.3 is 0 Å². The van der Waals surface area contributed by atoms with Crippen molar-refractivity contribution >= 4 is 17.0 Å². The van der Waals surface area contributed by atoms with Crippen LogP contribution in [0.2, 0.25) is 0 Å². The highest BCUT2D eigenvalue weighted by Gasteiger charge is 2.17. The van der Waals surface area contributed by atoms with Crippen LogP contribution in [0.5, 0.6) is 0 Å². The Hall–Kier alpha value is -1.72. The van der Waals surface area contributed by atoms with Gasteiger partial charge in [0.2, 0.25) is 0 Å². The first-order valence-corrected chi connectivity index (χ1v) is 7.11. The summed E-state index contributed by atoms with van der Waals surface area (Å²) in [6.45, 7) is 2.74. The molecule has 0 N–H and O–H groups in total. The summed E-state index contributed by atoms with van der Waals surface area (Å²) >= 11 is 1.82. The minimum Gasteiger partial charge on any atom is -0.294 e. The van der Waals surface area contributed by atoms with Crippen molar-refractivity contribution in [3.05, 3.63) is 61.8 Å². The van der Waals surface area contributed by atoms with E-state index in [9.17, 15) is 10.1 Å². The normalized spacial score (nSPS) is 15.2. The molecule has 2 heterocycles. The van der Waals surface area contributed by atoms with Crippen molar-refractivity contribution in [1.82, 2.24) is 4.90 Å². The number of thiophene rings is 1. The molecule has 5 heteroatoms. The number of rotatable bonds is 3. The molecule has 0 saturated heterocycles. The van der Waals surface area contributed by atoms with Gasteiger partial charge in [0.15, 0.2) is 0 Å². The highest BCUT2D eigenvalue weighted by Crippen LogP contribution is 2.25. The van der Waals surface area contributed by atoms with E-state index in [1.165, 1.54) is 16.5 Å². The van der Waals surface area contributed by atoms with Gasteiger partial charge in [0, 0.05) is 36.6 Å². The fourth-order valence-electron chi connectivity index (χ4n) is 2.47. The van der Waals surface area contributed by atoms with Gasteiger partial charge in [-0.25, -0.2) is 0 Å². The van der Waals surface area contributed by atoms with Gasteiger partial charge in [-0.1, -0.05) is 12.1 Å². The van der Waals surface area contributed by atoms with Crippen LogP contribution in [0.3, 0.4) is 0 Å². The lowest BCUT2D eigenvalue weighted by Crippen LogP contribution is -2.29. The van der Waals surface area contributed by atoms with Crippen LogP contribution in [0.25, 0.3) is 0 Å². The average Bonchev–Trinajstić information content (AvgIpc) is 2.86. The van der Waals surface area contributed by atoms with Crippen molar-refractivity contribution in [1.29, 1.82) is 0 Å². The molecule has 0 unspecified atom stereocenters. The van der Waals surface area contributed by atoms with Gasteiger partial charge < -0.3 is 0 Å². The van der Waals surface area contributed by atoms with Gasteiger partial charge in [-0.3, -0.25) is 15.0 Å². The molecular formula is C14H14N2O2S. The highest BCUT2D eigenvalue weighted by molar-refractivity contribution is 7.10. The molecule has 4 nitrogen and oxygen atoms in total. The summed E-state index contributed by atoms with van der Waals surface area (Å²) in [5.41, 5.74) is 2.58. The van der Waals surface area contributed by atoms with Gasteiger partial charge in [-0.05, 0) is 29.0 Å².